The van der Waals surface area contributed by atoms with Crippen LogP contribution in [0.3, 0.4) is 0 Å². The van der Waals surface area contributed by atoms with E-state index in [1.165, 1.54) is 50.8 Å². The maximum Gasteiger partial charge on any atom is 0.0252 e. The summed E-state index contributed by atoms with van der Waals surface area (Å²) in [6, 6.07) is 11.7. The van der Waals surface area contributed by atoms with Gasteiger partial charge >= 0.3 is 0 Å². The fourth-order valence-corrected chi connectivity index (χ4v) is 3.77. The molecule has 1 saturated heterocycles. The first-order chi connectivity index (χ1) is 9.43. The Balaban J connectivity index is 1.66. The molecule has 1 aromatic rings. The third kappa shape index (κ3) is 3.37. The maximum absolute atomic E-state index is 3.61. The van der Waals surface area contributed by atoms with Gasteiger partial charge in [-0.2, -0.15) is 0 Å². The van der Waals surface area contributed by atoms with Crippen molar-refractivity contribution in [2.75, 3.05) is 19.6 Å². The summed E-state index contributed by atoms with van der Waals surface area (Å²) in [4.78, 5) is 2.72. The molecule has 0 aromatic heterocycles. The fourth-order valence-electron chi connectivity index (χ4n) is 3.77. The van der Waals surface area contributed by atoms with Gasteiger partial charge in [0.1, 0.15) is 0 Å². The standard InChI is InChI=1S/C17H26N2/c1-3-7-15(8-4-1)14-19-12-11-18-13-17(19)16-9-5-2-6-10-16/h1,3-4,7-8,16-18H,2,5-6,9-14H2. The summed E-state index contributed by atoms with van der Waals surface area (Å²) in [6.45, 7) is 4.67. The quantitative estimate of drug-likeness (QED) is 0.896. The summed E-state index contributed by atoms with van der Waals surface area (Å²) in [7, 11) is 0. The molecule has 0 bridgehead atoms. The van der Waals surface area contributed by atoms with Crippen molar-refractivity contribution in [1.82, 2.24) is 10.2 Å². The average molecular weight is 258 g/mol. The average Bonchev–Trinajstić information content (AvgIpc) is 2.50. The third-order valence-corrected chi connectivity index (χ3v) is 4.82. The number of rotatable bonds is 3. The van der Waals surface area contributed by atoms with Crippen molar-refractivity contribution in [3.8, 4) is 0 Å². The van der Waals surface area contributed by atoms with Gasteiger partial charge < -0.3 is 5.32 Å². The van der Waals surface area contributed by atoms with Gasteiger partial charge in [0.05, 0.1) is 0 Å². The van der Waals surface area contributed by atoms with Crippen molar-refractivity contribution in [2.24, 2.45) is 5.92 Å². The molecule has 1 aliphatic carbocycles. The molecule has 1 heterocycles. The van der Waals surface area contributed by atoms with E-state index in [0.29, 0.717) is 0 Å². The smallest absolute Gasteiger partial charge is 0.0252 e. The minimum Gasteiger partial charge on any atom is -0.314 e. The molecule has 1 unspecified atom stereocenters. The molecule has 2 aliphatic rings. The lowest BCUT2D eigenvalue weighted by molar-refractivity contribution is 0.0860. The summed E-state index contributed by atoms with van der Waals surface area (Å²) >= 11 is 0. The molecule has 1 aromatic carbocycles. The van der Waals surface area contributed by atoms with E-state index >= 15 is 0 Å². The van der Waals surface area contributed by atoms with E-state index in [0.717, 1.165) is 25.0 Å². The Morgan fingerprint density at radius 3 is 2.63 bits per heavy atom. The normalized spacial score (nSPS) is 26.4. The van der Waals surface area contributed by atoms with Crippen LogP contribution in [-0.4, -0.2) is 30.6 Å². The summed E-state index contributed by atoms with van der Waals surface area (Å²) in [5.74, 6) is 0.922. The predicted octanol–water partition coefficient (Wildman–Crippen LogP) is 3.04. The molecule has 104 valence electrons. The lowest BCUT2D eigenvalue weighted by Crippen LogP contribution is -2.54. The molecule has 1 saturated carbocycles. The zero-order valence-corrected chi connectivity index (χ0v) is 11.9. The van der Waals surface area contributed by atoms with E-state index in [2.05, 4.69) is 40.5 Å². The van der Waals surface area contributed by atoms with Crippen LogP contribution in [-0.2, 0) is 6.54 Å². The van der Waals surface area contributed by atoms with Crippen LogP contribution in [0.25, 0.3) is 0 Å². The molecule has 3 rings (SSSR count). The van der Waals surface area contributed by atoms with Crippen LogP contribution < -0.4 is 5.32 Å². The number of hydrogen-bond donors (Lipinski definition) is 1. The zero-order valence-electron chi connectivity index (χ0n) is 11.9. The van der Waals surface area contributed by atoms with Crippen molar-refractivity contribution in [2.45, 2.75) is 44.7 Å². The second kappa shape index (κ2) is 6.53. The van der Waals surface area contributed by atoms with Gasteiger partial charge in [-0.05, 0) is 24.3 Å². The molecule has 2 fully saturated rings. The molecule has 19 heavy (non-hydrogen) atoms. The molecule has 1 atom stereocenters. The Morgan fingerprint density at radius 1 is 1.05 bits per heavy atom. The number of hydrogen-bond acceptors (Lipinski definition) is 2. The number of nitrogens with zero attached hydrogens (tertiary/aromatic N) is 1. The fraction of sp³-hybridized carbons (Fsp3) is 0.647. The molecule has 2 nitrogen and oxygen atoms in total. The largest absolute Gasteiger partial charge is 0.314 e. The van der Waals surface area contributed by atoms with E-state index in [4.69, 9.17) is 0 Å². The van der Waals surface area contributed by atoms with Gasteiger partial charge in [-0.1, -0.05) is 49.6 Å². The van der Waals surface area contributed by atoms with Crippen molar-refractivity contribution in [1.29, 1.82) is 0 Å². The van der Waals surface area contributed by atoms with Gasteiger partial charge in [0, 0.05) is 32.2 Å². The third-order valence-electron chi connectivity index (χ3n) is 4.82. The van der Waals surface area contributed by atoms with E-state index in [-0.39, 0.29) is 0 Å². The Bertz CT molecular complexity index is 370. The molecule has 1 aliphatic heterocycles. The highest BCUT2D eigenvalue weighted by molar-refractivity contribution is 5.14. The van der Waals surface area contributed by atoms with Crippen LogP contribution in [0, 0.1) is 5.92 Å². The molecule has 0 spiro atoms. The van der Waals surface area contributed by atoms with Crippen LogP contribution in [0.4, 0.5) is 0 Å². The molecule has 1 N–H and O–H groups in total. The second-order valence-corrected chi connectivity index (χ2v) is 6.13. The van der Waals surface area contributed by atoms with Crippen molar-refractivity contribution in [3.63, 3.8) is 0 Å². The van der Waals surface area contributed by atoms with Gasteiger partial charge in [0.15, 0.2) is 0 Å². The zero-order chi connectivity index (χ0) is 12.9. The Morgan fingerprint density at radius 2 is 1.84 bits per heavy atom. The molecular formula is C17H26N2. The number of nitrogens with one attached hydrogen (secondary N) is 1. The summed E-state index contributed by atoms with van der Waals surface area (Å²) in [5, 5.41) is 3.61. The summed E-state index contributed by atoms with van der Waals surface area (Å²) in [6.07, 6.45) is 7.23. The Kier molecular flexibility index (Phi) is 4.52. The monoisotopic (exact) mass is 258 g/mol. The first-order valence-corrected chi connectivity index (χ1v) is 7.92. The highest BCUT2D eigenvalue weighted by Gasteiger charge is 2.30. The van der Waals surface area contributed by atoms with Crippen molar-refractivity contribution in [3.05, 3.63) is 35.9 Å². The maximum atomic E-state index is 3.61. The van der Waals surface area contributed by atoms with Crippen molar-refractivity contribution >= 4 is 0 Å². The first-order valence-electron chi connectivity index (χ1n) is 7.92. The molecular weight excluding hydrogens is 232 g/mol. The number of piperazine rings is 1. The van der Waals surface area contributed by atoms with E-state index in [1.807, 2.05) is 0 Å². The lowest BCUT2D eigenvalue weighted by Gasteiger charge is -2.42. The Hall–Kier alpha value is -0.860. The summed E-state index contributed by atoms with van der Waals surface area (Å²) in [5.41, 5.74) is 1.46. The Labute approximate surface area is 117 Å². The van der Waals surface area contributed by atoms with E-state index < -0.39 is 0 Å². The lowest BCUT2D eigenvalue weighted by atomic mass is 9.82. The highest BCUT2D eigenvalue weighted by atomic mass is 15.2. The number of benzene rings is 1. The van der Waals surface area contributed by atoms with Gasteiger partial charge in [0.25, 0.3) is 0 Å². The van der Waals surface area contributed by atoms with Crippen LogP contribution in [0.2, 0.25) is 0 Å². The second-order valence-electron chi connectivity index (χ2n) is 6.13. The highest BCUT2D eigenvalue weighted by Crippen LogP contribution is 2.30. The SMILES string of the molecule is c1ccc(CN2CCNCC2C2CCCCC2)cc1. The van der Waals surface area contributed by atoms with Crippen LogP contribution in [0.15, 0.2) is 30.3 Å². The topological polar surface area (TPSA) is 15.3 Å². The van der Waals surface area contributed by atoms with E-state index in [9.17, 15) is 0 Å². The van der Waals surface area contributed by atoms with Crippen molar-refractivity contribution < 1.29 is 0 Å². The summed E-state index contributed by atoms with van der Waals surface area (Å²) < 4.78 is 0. The van der Waals surface area contributed by atoms with Gasteiger partial charge in [0.2, 0.25) is 0 Å². The van der Waals surface area contributed by atoms with Crippen LogP contribution in [0.5, 0.6) is 0 Å². The van der Waals surface area contributed by atoms with Gasteiger partial charge in [-0.15, -0.1) is 0 Å². The molecule has 0 radical (unpaired) electrons. The van der Waals surface area contributed by atoms with Gasteiger partial charge in [-0.3, -0.25) is 4.90 Å². The molecule has 2 heteroatoms. The predicted molar refractivity (Wildman–Crippen MR) is 80.1 cm³/mol. The minimum absolute atomic E-state index is 0.759. The molecule has 0 amide bonds. The van der Waals surface area contributed by atoms with E-state index in [1.54, 1.807) is 0 Å². The van der Waals surface area contributed by atoms with Crippen LogP contribution in [0.1, 0.15) is 37.7 Å². The van der Waals surface area contributed by atoms with Gasteiger partial charge in [-0.25, -0.2) is 0 Å². The van der Waals surface area contributed by atoms with Crippen LogP contribution >= 0.6 is 0 Å². The first kappa shape index (κ1) is 13.1. The minimum atomic E-state index is 0.759.